The molecule has 1 saturated heterocycles. The molecule has 0 aromatic carbocycles. The normalized spacial score (nSPS) is 22.5. The van der Waals surface area contributed by atoms with Crippen LogP contribution in [-0.2, 0) is 11.3 Å². The van der Waals surface area contributed by atoms with E-state index in [4.69, 9.17) is 5.11 Å². The van der Waals surface area contributed by atoms with Crippen molar-refractivity contribution in [3.8, 4) is 0 Å². The van der Waals surface area contributed by atoms with Gasteiger partial charge in [-0.15, -0.1) is 11.3 Å². The van der Waals surface area contributed by atoms with Gasteiger partial charge in [0, 0.05) is 24.2 Å². The number of aliphatic carboxylic acids is 1. The Labute approximate surface area is 115 Å². The Balaban J connectivity index is 1.86. The summed E-state index contributed by atoms with van der Waals surface area (Å²) in [6.07, 6.45) is 1.77. The molecule has 0 unspecified atom stereocenters. The lowest BCUT2D eigenvalue weighted by Gasteiger charge is -2.16. The molecule has 2 rings (SSSR count). The zero-order valence-corrected chi connectivity index (χ0v) is 11.7. The molecule has 2 amide bonds. The van der Waals surface area contributed by atoms with E-state index in [9.17, 15) is 9.59 Å². The van der Waals surface area contributed by atoms with Crippen LogP contribution in [0.15, 0.2) is 6.20 Å². The van der Waals surface area contributed by atoms with Gasteiger partial charge in [0.15, 0.2) is 0 Å². The summed E-state index contributed by atoms with van der Waals surface area (Å²) in [7, 11) is 0. The van der Waals surface area contributed by atoms with Crippen molar-refractivity contribution in [3.05, 3.63) is 16.1 Å². The molecule has 7 heteroatoms. The van der Waals surface area contributed by atoms with Crippen molar-refractivity contribution in [3.63, 3.8) is 0 Å². The summed E-state index contributed by atoms with van der Waals surface area (Å²) in [5.74, 6) is -1.31. The van der Waals surface area contributed by atoms with Gasteiger partial charge in [-0.05, 0) is 12.8 Å². The number of nitrogens with one attached hydrogen (secondary N) is 1. The summed E-state index contributed by atoms with van der Waals surface area (Å²) in [4.78, 5) is 29.8. The van der Waals surface area contributed by atoms with Crippen molar-refractivity contribution >= 4 is 23.3 Å². The van der Waals surface area contributed by atoms with Crippen LogP contribution in [0.25, 0.3) is 0 Å². The average molecular weight is 283 g/mol. The second-order valence-corrected chi connectivity index (χ2v) is 6.17. The largest absolute Gasteiger partial charge is 0.481 e. The Morgan fingerprint density at radius 3 is 2.84 bits per heavy atom. The smallest absolute Gasteiger partial charge is 0.317 e. The lowest BCUT2D eigenvalue weighted by molar-refractivity contribution is -0.142. The van der Waals surface area contributed by atoms with Crippen LogP contribution in [0.1, 0.15) is 16.8 Å². The molecule has 1 aliphatic heterocycles. The van der Waals surface area contributed by atoms with Gasteiger partial charge in [0.2, 0.25) is 0 Å². The minimum Gasteiger partial charge on any atom is -0.481 e. The van der Waals surface area contributed by atoms with E-state index in [0.29, 0.717) is 13.1 Å². The number of likely N-dealkylation sites (tertiary alicyclic amines) is 1. The molecule has 2 N–H and O–H groups in total. The van der Waals surface area contributed by atoms with Crippen LogP contribution in [0.2, 0.25) is 0 Å². The number of carbonyl (C=O) groups excluding carboxylic acids is 1. The number of hydrogen-bond donors (Lipinski definition) is 2. The number of aryl methyl sites for hydroxylation is 1. The van der Waals surface area contributed by atoms with Gasteiger partial charge in [0.1, 0.15) is 5.01 Å². The van der Waals surface area contributed by atoms with E-state index in [1.807, 2.05) is 13.8 Å². The minimum absolute atomic E-state index is 0.00893. The molecular weight excluding hydrogens is 266 g/mol. The number of carboxylic acids is 1. The highest BCUT2D eigenvalue weighted by Crippen LogP contribution is 2.23. The van der Waals surface area contributed by atoms with Crippen molar-refractivity contribution in [1.82, 2.24) is 15.2 Å². The van der Waals surface area contributed by atoms with Crippen molar-refractivity contribution in [2.45, 2.75) is 20.4 Å². The Bertz CT molecular complexity index is 488. The highest BCUT2D eigenvalue weighted by atomic mass is 32.1. The Morgan fingerprint density at radius 2 is 2.32 bits per heavy atom. The van der Waals surface area contributed by atoms with Crippen molar-refractivity contribution in [1.29, 1.82) is 0 Å². The predicted molar refractivity (Wildman–Crippen MR) is 70.9 cm³/mol. The second-order valence-electron chi connectivity index (χ2n) is 4.85. The third-order valence-corrected chi connectivity index (χ3v) is 4.19. The third-order valence-electron chi connectivity index (χ3n) is 3.28. The molecule has 0 aliphatic carbocycles. The molecule has 1 aromatic heterocycles. The van der Waals surface area contributed by atoms with Crippen LogP contribution < -0.4 is 5.32 Å². The van der Waals surface area contributed by atoms with Crippen LogP contribution in [0.4, 0.5) is 4.79 Å². The SMILES string of the molecule is Cc1cnc(CNC(=O)N2C[C@@H](C)[C@H](C(=O)O)C2)s1. The van der Waals surface area contributed by atoms with E-state index in [-0.39, 0.29) is 18.5 Å². The van der Waals surface area contributed by atoms with Crippen molar-refractivity contribution in [2.24, 2.45) is 11.8 Å². The molecule has 2 heterocycles. The number of carboxylic acid groups (broad SMARTS) is 1. The fourth-order valence-corrected chi connectivity index (χ4v) is 2.93. The molecule has 19 heavy (non-hydrogen) atoms. The molecule has 1 aliphatic rings. The number of urea groups is 1. The summed E-state index contributed by atoms with van der Waals surface area (Å²) in [5.41, 5.74) is 0. The van der Waals surface area contributed by atoms with Gasteiger partial charge in [0.05, 0.1) is 12.5 Å². The number of rotatable bonds is 3. The molecule has 2 atom stereocenters. The molecule has 0 saturated carbocycles. The van der Waals surface area contributed by atoms with Gasteiger partial charge in [-0.2, -0.15) is 0 Å². The van der Waals surface area contributed by atoms with E-state index in [2.05, 4.69) is 10.3 Å². The van der Waals surface area contributed by atoms with Crippen LogP contribution in [0.5, 0.6) is 0 Å². The Kier molecular flexibility index (Phi) is 4.04. The number of nitrogens with zero attached hydrogens (tertiary/aromatic N) is 2. The summed E-state index contributed by atoms with van der Waals surface area (Å²) in [6, 6.07) is -0.219. The first-order chi connectivity index (χ1) is 8.97. The zero-order valence-electron chi connectivity index (χ0n) is 10.9. The molecule has 6 nitrogen and oxygen atoms in total. The molecule has 0 bridgehead atoms. The first-order valence-electron chi connectivity index (χ1n) is 6.14. The third kappa shape index (κ3) is 3.23. The first kappa shape index (κ1) is 13.8. The lowest BCUT2D eigenvalue weighted by atomic mass is 9.99. The monoisotopic (exact) mass is 283 g/mol. The quantitative estimate of drug-likeness (QED) is 0.876. The molecule has 0 spiro atoms. The average Bonchev–Trinajstić information content (AvgIpc) is 2.92. The van der Waals surface area contributed by atoms with E-state index in [0.717, 1.165) is 9.88 Å². The molecule has 104 valence electrons. The first-order valence-corrected chi connectivity index (χ1v) is 6.96. The number of thiazole rings is 1. The second kappa shape index (κ2) is 5.56. The van der Waals surface area contributed by atoms with E-state index < -0.39 is 11.9 Å². The van der Waals surface area contributed by atoms with Crippen LogP contribution in [0, 0.1) is 18.8 Å². The summed E-state index contributed by atoms with van der Waals surface area (Å²) in [6.45, 7) is 4.97. The highest BCUT2D eigenvalue weighted by molar-refractivity contribution is 7.11. The number of hydrogen-bond acceptors (Lipinski definition) is 4. The zero-order chi connectivity index (χ0) is 14.0. The summed E-state index contributed by atoms with van der Waals surface area (Å²) in [5, 5.41) is 12.7. The van der Waals surface area contributed by atoms with Crippen molar-refractivity contribution in [2.75, 3.05) is 13.1 Å². The maximum absolute atomic E-state index is 11.9. The maximum atomic E-state index is 11.9. The van der Waals surface area contributed by atoms with Gasteiger partial charge in [-0.1, -0.05) is 6.92 Å². The van der Waals surface area contributed by atoms with E-state index in [1.165, 1.54) is 11.3 Å². The standard InChI is InChI=1S/C12H17N3O3S/c1-7-5-15(6-9(7)11(16)17)12(18)14-4-10-13-3-8(2)19-10/h3,7,9H,4-6H2,1-2H3,(H,14,18)(H,16,17)/t7-,9-/m1/s1. The van der Waals surface area contributed by atoms with Crippen molar-refractivity contribution < 1.29 is 14.7 Å². The van der Waals surface area contributed by atoms with Gasteiger partial charge >= 0.3 is 12.0 Å². The van der Waals surface area contributed by atoms with Gasteiger partial charge in [-0.25, -0.2) is 9.78 Å². The number of aromatic nitrogens is 1. The fraction of sp³-hybridized carbons (Fsp3) is 0.583. The Morgan fingerprint density at radius 1 is 1.58 bits per heavy atom. The summed E-state index contributed by atoms with van der Waals surface area (Å²) < 4.78 is 0. The molecule has 1 fully saturated rings. The van der Waals surface area contributed by atoms with E-state index in [1.54, 1.807) is 11.1 Å². The van der Waals surface area contributed by atoms with Gasteiger partial charge < -0.3 is 15.3 Å². The topological polar surface area (TPSA) is 82.5 Å². The lowest BCUT2D eigenvalue weighted by Crippen LogP contribution is -2.38. The number of carbonyl (C=O) groups is 2. The molecule has 1 aromatic rings. The predicted octanol–water partition coefficient (Wildman–Crippen LogP) is 1.31. The highest BCUT2D eigenvalue weighted by Gasteiger charge is 2.36. The fourth-order valence-electron chi connectivity index (χ4n) is 2.20. The number of amides is 2. The Hall–Kier alpha value is -1.63. The van der Waals surface area contributed by atoms with Gasteiger partial charge in [-0.3, -0.25) is 4.79 Å². The van der Waals surface area contributed by atoms with Crippen LogP contribution >= 0.6 is 11.3 Å². The molecule has 0 radical (unpaired) electrons. The minimum atomic E-state index is -0.835. The van der Waals surface area contributed by atoms with E-state index >= 15 is 0 Å². The van der Waals surface area contributed by atoms with Gasteiger partial charge in [0.25, 0.3) is 0 Å². The van der Waals surface area contributed by atoms with Crippen LogP contribution in [0.3, 0.4) is 0 Å². The molecular formula is C12H17N3O3S. The maximum Gasteiger partial charge on any atom is 0.317 e. The summed E-state index contributed by atoms with van der Waals surface area (Å²) >= 11 is 1.54. The van der Waals surface area contributed by atoms with Crippen LogP contribution in [-0.4, -0.2) is 40.1 Å².